The smallest absolute Gasteiger partial charge is 0.257 e. The number of carbonyl (C=O) groups excluding carboxylic acids is 1. The third kappa shape index (κ3) is 2.66. The fraction of sp³-hybridized carbons (Fsp3) is 0. The predicted molar refractivity (Wildman–Crippen MR) is 86.1 cm³/mol. The molecule has 0 fully saturated rings. The van der Waals surface area contributed by atoms with E-state index >= 15 is 0 Å². The lowest BCUT2D eigenvalue weighted by atomic mass is 10.2. The van der Waals surface area contributed by atoms with Gasteiger partial charge in [0.25, 0.3) is 5.91 Å². The molecular formula is C14H10BrN3OS. The highest BCUT2D eigenvalue weighted by atomic mass is 79.9. The molecule has 0 bridgehead atoms. The molecule has 3 aromatic rings. The van der Waals surface area contributed by atoms with E-state index in [1.807, 2.05) is 18.2 Å². The first kappa shape index (κ1) is 13.1. The van der Waals surface area contributed by atoms with Crippen molar-refractivity contribution in [2.75, 3.05) is 11.1 Å². The topological polar surface area (TPSA) is 68.0 Å². The molecule has 0 saturated carbocycles. The van der Waals surface area contributed by atoms with Crippen molar-refractivity contribution < 1.29 is 4.79 Å². The lowest BCUT2D eigenvalue weighted by Gasteiger charge is -2.01. The van der Waals surface area contributed by atoms with Crippen LogP contribution in [0.1, 0.15) is 10.4 Å². The number of hydrogen-bond donors (Lipinski definition) is 2. The fourth-order valence-electron chi connectivity index (χ4n) is 1.76. The highest BCUT2D eigenvalue weighted by Gasteiger charge is 2.09. The van der Waals surface area contributed by atoms with Gasteiger partial charge in [0.15, 0.2) is 5.13 Å². The number of nitrogens with two attached hydrogens (primary N) is 1. The van der Waals surface area contributed by atoms with Gasteiger partial charge in [0, 0.05) is 15.7 Å². The third-order valence-corrected chi connectivity index (χ3v) is 4.17. The van der Waals surface area contributed by atoms with Gasteiger partial charge in [-0.2, -0.15) is 0 Å². The molecule has 0 aliphatic rings. The normalized spacial score (nSPS) is 10.7. The zero-order valence-corrected chi connectivity index (χ0v) is 12.7. The van der Waals surface area contributed by atoms with Crippen LogP contribution in [-0.2, 0) is 0 Å². The van der Waals surface area contributed by atoms with Crippen molar-refractivity contribution in [2.24, 2.45) is 0 Å². The Kier molecular flexibility index (Phi) is 3.42. The van der Waals surface area contributed by atoms with Gasteiger partial charge in [-0.3, -0.25) is 10.1 Å². The minimum absolute atomic E-state index is 0.192. The molecule has 1 amide bonds. The number of rotatable bonds is 2. The molecule has 0 unspecified atom stereocenters. The van der Waals surface area contributed by atoms with E-state index in [9.17, 15) is 4.79 Å². The van der Waals surface area contributed by atoms with Gasteiger partial charge in [0.1, 0.15) is 0 Å². The molecule has 6 heteroatoms. The first-order valence-corrected chi connectivity index (χ1v) is 7.46. The van der Waals surface area contributed by atoms with Gasteiger partial charge in [0.2, 0.25) is 0 Å². The number of nitrogens with zero attached hydrogens (tertiary/aromatic N) is 1. The zero-order valence-electron chi connectivity index (χ0n) is 10.3. The van der Waals surface area contributed by atoms with Crippen LogP contribution in [0, 0.1) is 0 Å². The average Bonchev–Trinajstić information content (AvgIpc) is 2.80. The number of amides is 1. The number of fused-ring (bicyclic) bond motifs is 1. The summed E-state index contributed by atoms with van der Waals surface area (Å²) in [5.74, 6) is -0.192. The Morgan fingerprint density at radius 3 is 2.70 bits per heavy atom. The molecule has 2 aromatic carbocycles. The Morgan fingerprint density at radius 2 is 1.95 bits per heavy atom. The minimum Gasteiger partial charge on any atom is -0.399 e. The zero-order chi connectivity index (χ0) is 14.1. The molecule has 0 aliphatic carbocycles. The van der Waals surface area contributed by atoms with Gasteiger partial charge in [-0.25, -0.2) is 4.98 Å². The number of hydrogen-bond acceptors (Lipinski definition) is 4. The molecule has 3 N–H and O–H groups in total. The summed E-state index contributed by atoms with van der Waals surface area (Å²) in [5, 5.41) is 3.38. The number of thiazole rings is 1. The Morgan fingerprint density at radius 1 is 1.20 bits per heavy atom. The second-order valence-corrected chi connectivity index (χ2v) is 6.15. The first-order chi connectivity index (χ1) is 9.61. The maximum absolute atomic E-state index is 12.1. The molecule has 3 rings (SSSR count). The molecule has 20 heavy (non-hydrogen) atoms. The van der Waals surface area contributed by atoms with E-state index in [1.54, 1.807) is 24.3 Å². The van der Waals surface area contributed by atoms with E-state index in [0.717, 1.165) is 14.7 Å². The van der Waals surface area contributed by atoms with Gasteiger partial charge >= 0.3 is 0 Å². The van der Waals surface area contributed by atoms with Gasteiger partial charge in [-0.05, 0) is 42.5 Å². The summed E-state index contributed by atoms with van der Waals surface area (Å²) in [6.07, 6.45) is 0. The molecule has 0 atom stereocenters. The predicted octanol–water partition coefficient (Wildman–Crippen LogP) is 3.89. The molecule has 1 heterocycles. The summed E-state index contributed by atoms with van der Waals surface area (Å²) in [7, 11) is 0. The van der Waals surface area contributed by atoms with Gasteiger partial charge < -0.3 is 5.73 Å². The van der Waals surface area contributed by atoms with E-state index in [0.29, 0.717) is 16.4 Å². The van der Waals surface area contributed by atoms with Crippen LogP contribution in [0.2, 0.25) is 0 Å². The van der Waals surface area contributed by atoms with E-state index < -0.39 is 0 Å². The van der Waals surface area contributed by atoms with E-state index in [1.165, 1.54) is 11.3 Å². The number of nitrogens with one attached hydrogen (secondary N) is 1. The monoisotopic (exact) mass is 347 g/mol. The lowest BCUT2D eigenvalue weighted by Crippen LogP contribution is -2.11. The third-order valence-electron chi connectivity index (χ3n) is 2.74. The van der Waals surface area contributed by atoms with E-state index in [-0.39, 0.29) is 5.91 Å². The largest absolute Gasteiger partial charge is 0.399 e. The van der Waals surface area contributed by atoms with E-state index in [2.05, 4.69) is 26.2 Å². The number of aromatic nitrogens is 1. The van der Waals surface area contributed by atoms with Gasteiger partial charge in [-0.1, -0.05) is 27.3 Å². The molecular weight excluding hydrogens is 338 g/mol. The number of halogens is 1. The maximum Gasteiger partial charge on any atom is 0.257 e. The van der Waals surface area contributed by atoms with Crippen molar-refractivity contribution in [1.29, 1.82) is 0 Å². The Labute approximate surface area is 127 Å². The first-order valence-electron chi connectivity index (χ1n) is 5.85. The molecule has 1 aromatic heterocycles. The van der Waals surface area contributed by atoms with E-state index in [4.69, 9.17) is 5.73 Å². The van der Waals surface area contributed by atoms with Crippen LogP contribution >= 0.6 is 27.3 Å². The van der Waals surface area contributed by atoms with Crippen LogP contribution in [0.5, 0.6) is 0 Å². The highest BCUT2D eigenvalue weighted by Crippen LogP contribution is 2.28. The van der Waals surface area contributed by atoms with Crippen LogP contribution in [-0.4, -0.2) is 10.9 Å². The molecule has 0 aliphatic heterocycles. The number of anilines is 2. The Balaban J connectivity index is 1.85. The summed E-state index contributed by atoms with van der Waals surface area (Å²) in [5.41, 5.74) is 7.65. The van der Waals surface area contributed by atoms with Crippen LogP contribution in [0.4, 0.5) is 10.8 Å². The second-order valence-electron chi connectivity index (χ2n) is 4.21. The number of benzene rings is 2. The minimum atomic E-state index is -0.192. The van der Waals surface area contributed by atoms with Crippen molar-refractivity contribution in [3.05, 3.63) is 52.5 Å². The highest BCUT2D eigenvalue weighted by molar-refractivity contribution is 9.10. The lowest BCUT2D eigenvalue weighted by molar-refractivity contribution is 0.102. The summed E-state index contributed by atoms with van der Waals surface area (Å²) < 4.78 is 2.01. The van der Waals surface area contributed by atoms with Crippen LogP contribution in [0.3, 0.4) is 0 Å². The SMILES string of the molecule is Nc1ccc(C(=O)Nc2nc3ccc(Br)cc3s2)cc1. The second kappa shape index (κ2) is 5.22. The molecule has 0 spiro atoms. The van der Waals surface area contributed by atoms with Gasteiger partial charge in [-0.15, -0.1) is 0 Å². The molecule has 0 radical (unpaired) electrons. The maximum atomic E-state index is 12.1. The fourth-order valence-corrected chi connectivity index (χ4v) is 3.17. The van der Waals surface area contributed by atoms with Crippen molar-refractivity contribution in [1.82, 2.24) is 4.98 Å². The Hall–Kier alpha value is -1.92. The van der Waals surface area contributed by atoms with Gasteiger partial charge in [0.05, 0.1) is 10.2 Å². The van der Waals surface area contributed by atoms with Crippen molar-refractivity contribution in [2.45, 2.75) is 0 Å². The molecule has 4 nitrogen and oxygen atoms in total. The molecule has 0 saturated heterocycles. The van der Waals surface area contributed by atoms with Crippen molar-refractivity contribution in [3.63, 3.8) is 0 Å². The van der Waals surface area contributed by atoms with Crippen molar-refractivity contribution in [3.8, 4) is 0 Å². The average molecular weight is 348 g/mol. The standard InChI is InChI=1S/C14H10BrN3OS/c15-9-3-6-11-12(7-9)20-14(17-11)18-13(19)8-1-4-10(16)5-2-8/h1-7H,16H2,(H,17,18,19). The van der Waals surface area contributed by atoms with Crippen molar-refractivity contribution >= 4 is 54.2 Å². The van der Waals surface area contributed by atoms with Crippen LogP contribution in [0.25, 0.3) is 10.2 Å². The van der Waals surface area contributed by atoms with Crippen LogP contribution < -0.4 is 11.1 Å². The summed E-state index contributed by atoms with van der Waals surface area (Å²) in [6.45, 7) is 0. The summed E-state index contributed by atoms with van der Waals surface area (Å²) in [6, 6.07) is 12.6. The Bertz CT molecular complexity index is 783. The quantitative estimate of drug-likeness (QED) is 0.691. The summed E-state index contributed by atoms with van der Waals surface area (Å²) >= 11 is 4.86. The number of carbonyl (C=O) groups is 1. The number of nitrogen functional groups attached to an aromatic ring is 1. The van der Waals surface area contributed by atoms with Crippen LogP contribution in [0.15, 0.2) is 46.9 Å². The molecule has 100 valence electrons. The summed E-state index contributed by atoms with van der Waals surface area (Å²) in [4.78, 5) is 16.5.